The summed E-state index contributed by atoms with van der Waals surface area (Å²) >= 11 is 1.56. The molecule has 0 aliphatic rings. The Labute approximate surface area is 105 Å². The zero-order valence-corrected chi connectivity index (χ0v) is 10.6. The number of hydrogen-bond acceptors (Lipinski definition) is 3. The highest BCUT2D eigenvalue weighted by molar-refractivity contribution is 7.16. The van der Waals surface area contributed by atoms with Gasteiger partial charge in [0.25, 0.3) is 0 Å². The van der Waals surface area contributed by atoms with Crippen molar-refractivity contribution in [3.05, 3.63) is 51.9 Å². The van der Waals surface area contributed by atoms with Crippen LogP contribution in [0.5, 0.6) is 0 Å². The molecule has 3 heteroatoms. The predicted octanol–water partition coefficient (Wildman–Crippen LogP) is 3.99. The Hall–Kier alpha value is -1.92. The summed E-state index contributed by atoms with van der Waals surface area (Å²) in [6.07, 6.45) is 1.80. The lowest BCUT2D eigenvalue weighted by atomic mass is 10.2. The molecule has 0 unspecified atom stereocenters. The van der Waals surface area contributed by atoms with E-state index in [-0.39, 0.29) is 0 Å². The van der Waals surface area contributed by atoms with E-state index in [4.69, 9.17) is 5.26 Å². The number of thiophene rings is 1. The van der Waals surface area contributed by atoms with Crippen LogP contribution in [0.25, 0.3) is 0 Å². The van der Waals surface area contributed by atoms with Gasteiger partial charge in [-0.2, -0.15) is 5.26 Å². The fraction of sp³-hybridized carbons (Fsp3) is 0.143. The smallest absolute Gasteiger partial charge is 0.134 e. The van der Waals surface area contributed by atoms with Crippen LogP contribution in [0.1, 0.15) is 21.6 Å². The molecule has 0 radical (unpaired) electrons. The summed E-state index contributed by atoms with van der Waals surface area (Å²) in [6, 6.07) is 12.1. The first-order valence-electron chi connectivity index (χ1n) is 5.31. The lowest BCUT2D eigenvalue weighted by molar-refractivity contribution is 1.38. The monoisotopic (exact) mass is 240 g/mol. The molecule has 2 aromatic rings. The largest absolute Gasteiger partial charge is 0.244 e. The number of rotatable bonds is 2. The third-order valence-corrected chi connectivity index (χ3v) is 3.72. The Morgan fingerprint density at radius 3 is 2.59 bits per heavy atom. The number of benzene rings is 1. The van der Waals surface area contributed by atoms with Crippen LogP contribution in [0.3, 0.4) is 0 Å². The average molecular weight is 240 g/mol. The van der Waals surface area contributed by atoms with Crippen LogP contribution < -0.4 is 0 Å². The maximum atomic E-state index is 9.09. The van der Waals surface area contributed by atoms with Crippen molar-refractivity contribution in [1.29, 1.82) is 5.26 Å². The topological polar surface area (TPSA) is 36.1 Å². The molecular weight excluding hydrogens is 228 g/mol. The molecule has 0 atom stereocenters. The molecule has 0 spiro atoms. The second-order valence-electron chi connectivity index (χ2n) is 3.74. The van der Waals surface area contributed by atoms with E-state index in [1.54, 1.807) is 17.6 Å². The van der Waals surface area contributed by atoms with E-state index in [9.17, 15) is 0 Å². The molecule has 0 bridgehead atoms. The van der Waals surface area contributed by atoms with Crippen molar-refractivity contribution in [2.75, 3.05) is 0 Å². The Morgan fingerprint density at radius 2 is 1.94 bits per heavy atom. The van der Waals surface area contributed by atoms with Gasteiger partial charge in [-0.25, -0.2) is 4.99 Å². The summed E-state index contributed by atoms with van der Waals surface area (Å²) in [4.78, 5) is 5.55. The lowest BCUT2D eigenvalue weighted by Crippen LogP contribution is -1.79. The summed E-state index contributed by atoms with van der Waals surface area (Å²) in [5.41, 5.74) is 2.78. The van der Waals surface area contributed by atoms with Crippen molar-refractivity contribution in [3.8, 4) is 6.07 Å². The van der Waals surface area contributed by atoms with Gasteiger partial charge < -0.3 is 0 Å². The SMILES string of the molecule is Cc1sc(N=Cc2ccccc2)c(C#N)c1C. The van der Waals surface area contributed by atoms with Gasteiger partial charge in [-0.3, -0.25) is 0 Å². The summed E-state index contributed by atoms with van der Waals surface area (Å²) in [5, 5.41) is 9.89. The average Bonchev–Trinajstić information content (AvgIpc) is 2.63. The van der Waals surface area contributed by atoms with E-state index in [2.05, 4.69) is 11.1 Å². The number of aryl methyl sites for hydroxylation is 1. The van der Waals surface area contributed by atoms with Crippen LogP contribution in [0, 0.1) is 25.2 Å². The van der Waals surface area contributed by atoms with Crippen LogP contribution in [0.4, 0.5) is 5.00 Å². The van der Waals surface area contributed by atoms with Crippen molar-refractivity contribution >= 4 is 22.6 Å². The fourth-order valence-electron chi connectivity index (χ4n) is 1.50. The van der Waals surface area contributed by atoms with Crippen LogP contribution in [-0.4, -0.2) is 6.21 Å². The van der Waals surface area contributed by atoms with Crippen LogP contribution in [0.15, 0.2) is 35.3 Å². The van der Waals surface area contributed by atoms with Crippen LogP contribution in [0.2, 0.25) is 0 Å². The highest BCUT2D eigenvalue weighted by Gasteiger charge is 2.10. The molecule has 0 fully saturated rings. The number of nitriles is 1. The van der Waals surface area contributed by atoms with Gasteiger partial charge in [0, 0.05) is 11.1 Å². The summed E-state index contributed by atoms with van der Waals surface area (Å²) in [6.45, 7) is 3.98. The third kappa shape index (κ3) is 2.43. The van der Waals surface area contributed by atoms with Crippen molar-refractivity contribution in [3.63, 3.8) is 0 Å². The van der Waals surface area contributed by atoms with Gasteiger partial charge >= 0.3 is 0 Å². The first kappa shape index (κ1) is 11.6. The van der Waals surface area contributed by atoms with E-state index >= 15 is 0 Å². The normalized spacial score (nSPS) is 10.6. The molecule has 0 aliphatic carbocycles. The minimum atomic E-state index is 0.694. The van der Waals surface area contributed by atoms with Crippen molar-refractivity contribution in [2.45, 2.75) is 13.8 Å². The van der Waals surface area contributed by atoms with E-state index in [0.29, 0.717) is 5.56 Å². The van der Waals surface area contributed by atoms with Crippen molar-refractivity contribution < 1.29 is 0 Å². The molecule has 1 aromatic heterocycles. The molecule has 0 saturated carbocycles. The first-order valence-corrected chi connectivity index (χ1v) is 6.13. The highest BCUT2D eigenvalue weighted by Crippen LogP contribution is 2.33. The second kappa shape index (κ2) is 4.94. The third-order valence-electron chi connectivity index (χ3n) is 2.61. The molecule has 0 amide bonds. The van der Waals surface area contributed by atoms with E-state index in [1.807, 2.05) is 44.2 Å². The molecule has 17 heavy (non-hydrogen) atoms. The van der Waals surface area contributed by atoms with Gasteiger partial charge in [0.05, 0.1) is 5.56 Å². The number of nitrogens with zero attached hydrogens (tertiary/aromatic N) is 2. The minimum absolute atomic E-state index is 0.694. The molecule has 1 aromatic carbocycles. The summed E-state index contributed by atoms with van der Waals surface area (Å²) in [5.74, 6) is 0. The Kier molecular flexibility index (Phi) is 3.36. The van der Waals surface area contributed by atoms with Crippen LogP contribution >= 0.6 is 11.3 Å². The second-order valence-corrected chi connectivity index (χ2v) is 4.95. The Bertz CT molecular complexity index is 589. The van der Waals surface area contributed by atoms with Gasteiger partial charge in [-0.05, 0) is 25.0 Å². The highest BCUT2D eigenvalue weighted by atomic mass is 32.1. The van der Waals surface area contributed by atoms with Gasteiger partial charge in [0.2, 0.25) is 0 Å². The molecule has 2 rings (SSSR count). The summed E-state index contributed by atoms with van der Waals surface area (Å²) in [7, 11) is 0. The molecule has 0 aliphatic heterocycles. The number of aliphatic imine (C=N–C) groups is 1. The molecule has 2 nitrogen and oxygen atoms in total. The molecule has 0 N–H and O–H groups in total. The quantitative estimate of drug-likeness (QED) is 0.731. The van der Waals surface area contributed by atoms with Gasteiger partial charge in [-0.1, -0.05) is 30.3 Å². The maximum absolute atomic E-state index is 9.09. The van der Waals surface area contributed by atoms with E-state index in [1.165, 1.54) is 0 Å². The van der Waals surface area contributed by atoms with Crippen molar-refractivity contribution in [1.82, 2.24) is 0 Å². The van der Waals surface area contributed by atoms with Crippen molar-refractivity contribution in [2.24, 2.45) is 4.99 Å². The fourth-order valence-corrected chi connectivity index (χ4v) is 2.46. The van der Waals surface area contributed by atoms with Gasteiger partial charge in [0.15, 0.2) is 0 Å². The Morgan fingerprint density at radius 1 is 1.24 bits per heavy atom. The predicted molar refractivity (Wildman–Crippen MR) is 72.2 cm³/mol. The zero-order valence-electron chi connectivity index (χ0n) is 9.77. The van der Waals surface area contributed by atoms with Crippen LogP contribution in [-0.2, 0) is 0 Å². The van der Waals surface area contributed by atoms with E-state index < -0.39 is 0 Å². The van der Waals surface area contributed by atoms with Gasteiger partial charge in [0.1, 0.15) is 11.1 Å². The lowest BCUT2D eigenvalue weighted by Gasteiger charge is -1.91. The molecular formula is C14H12N2S. The molecule has 1 heterocycles. The standard InChI is InChI=1S/C14H12N2S/c1-10-11(2)17-14(13(10)8-15)16-9-12-6-4-3-5-7-12/h3-7,9H,1-2H3. The number of hydrogen-bond donors (Lipinski definition) is 0. The summed E-state index contributed by atoms with van der Waals surface area (Å²) < 4.78 is 0. The van der Waals surface area contributed by atoms with Gasteiger partial charge in [-0.15, -0.1) is 11.3 Å². The maximum Gasteiger partial charge on any atom is 0.134 e. The Balaban J connectivity index is 2.35. The molecule has 0 saturated heterocycles. The first-order chi connectivity index (χ1) is 8.22. The zero-order chi connectivity index (χ0) is 12.3. The minimum Gasteiger partial charge on any atom is -0.244 e. The van der Waals surface area contributed by atoms with E-state index in [0.717, 1.165) is 21.0 Å². The molecule has 84 valence electrons.